The normalized spacial score (nSPS) is 13.3. The fourth-order valence-corrected chi connectivity index (χ4v) is 2.63. The van der Waals surface area contributed by atoms with Gasteiger partial charge in [-0.2, -0.15) is 0 Å². The summed E-state index contributed by atoms with van der Waals surface area (Å²) in [7, 11) is 0. The summed E-state index contributed by atoms with van der Waals surface area (Å²) in [5, 5.41) is 12.1. The lowest BCUT2D eigenvalue weighted by Crippen LogP contribution is -2.48. The number of nitrogens with zero attached hydrogens (tertiary/aromatic N) is 1. The van der Waals surface area contributed by atoms with E-state index in [0.717, 1.165) is 12.8 Å². The number of carboxylic acid groups (broad SMARTS) is 1. The van der Waals surface area contributed by atoms with Crippen molar-refractivity contribution in [1.82, 2.24) is 10.2 Å². The van der Waals surface area contributed by atoms with Gasteiger partial charge in [0, 0.05) is 12.0 Å². The highest BCUT2D eigenvalue weighted by atomic mass is 16.4. The van der Waals surface area contributed by atoms with Gasteiger partial charge in [0.2, 0.25) is 0 Å². The maximum absolute atomic E-state index is 12.2. The summed E-state index contributed by atoms with van der Waals surface area (Å²) in [6, 6.07) is 6.91. The molecule has 0 aliphatic carbocycles. The summed E-state index contributed by atoms with van der Waals surface area (Å²) in [5.41, 5.74) is 0.440. The first-order valence-electron chi connectivity index (χ1n) is 8.31. The van der Waals surface area contributed by atoms with E-state index in [2.05, 4.69) is 5.32 Å². The van der Waals surface area contributed by atoms with E-state index in [1.807, 2.05) is 18.7 Å². The minimum Gasteiger partial charge on any atom is -0.480 e. The van der Waals surface area contributed by atoms with Crippen LogP contribution in [0, 0.1) is 0 Å². The number of hydrogen-bond acceptors (Lipinski definition) is 4. The molecule has 1 amide bonds. The van der Waals surface area contributed by atoms with Gasteiger partial charge in [-0.25, -0.2) is 0 Å². The van der Waals surface area contributed by atoms with Gasteiger partial charge < -0.3 is 15.2 Å². The number of carbonyl (C=O) groups excluding carboxylic acids is 2. The lowest BCUT2D eigenvalue weighted by molar-refractivity contribution is -0.143. The predicted molar refractivity (Wildman–Crippen MR) is 92.0 cm³/mol. The largest absolute Gasteiger partial charge is 0.480 e. The topological polar surface area (TPSA) is 86.7 Å². The molecule has 6 heteroatoms. The number of hydrogen-bond donors (Lipinski definition) is 2. The van der Waals surface area contributed by atoms with E-state index < -0.39 is 18.1 Å². The number of aldehydes is 1. The van der Waals surface area contributed by atoms with Crippen LogP contribution in [0.3, 0.4) is 0 Å². The standard InChI is InChI=1S/C18H26N2O4/c1-3-10-20(11-4-2)16(18(23)24)12-15(13-21)19-17(22)14-8-6-5-7-9-14/h5-9,13,15-16H,3-4,10-12H2,1-2H3,(H,19,22)(H,23,24). The molecule has 0 fully saturated rings. The van der Waals surface area contributed by atoms with E-state index in [1.54, 1.807) is 30.3 Å². The van der Waals surface area contributed by atoms with Gasteiger partial charge in [0.25, 0.3) is 5.91 Å². The molecule has 0 bridgehead atoms. The van der Waals surface area contributed by atoms with Crippen LogP contribution >= 0.6 is 0 Å². The molecule has 0 heterocycles. The Balaban J connectivity index is 2.79. The molecule has 1 rings (SSSR count). The minimum absolute atomic E-state index is 0.0530. The van der Waals surface area contributed by atoms with Crippen LogP contribution in [0.5, 0.6) is 0 Å². The van der Waals surface area contributed by atoms with Crippen molar-refractivity contribution in [2.24, 2.45) is 0 Å². The van der Waals surface area contributed by atoms with Crippen molar-refractivity contribution < 1.29 is 19.5 Å². The van der Waals surface area contributed by atoms with Gasteiger partial charge in [-0.1, -0.05) is 32.0 Å². The van der Waals surface area contributed by atoms with E-state index in [4.69, 9.17) is 0 Å². The molecular formula is C18H26N2O4. The first-order valence-corrected chi connectivity index (χ1v) is 8.31. The molecule has 1 aromatic rings. The zero-order valence-electron chi connectivity index (χ0n) is 14.3. The second-order valence-electron chi connectivity index (χ2n) is 5.71. The van der Waals surface area contributed by atoms with Crippen LogP contribution in [0.4, 0.5) is 0 Å². The summed E-state index contributed by atoms with van der Waals surface area (Å²) < 4.78 is 0. The maximum Gasteiger partial charge on any atom is 0.321 e. The van der Waals surface area contributed by atoms with Crippen LogP contribution in [0.2, 0.25) is 0 Å². The molecular weight excluding hydrogens is 308 g/mol. The SMILES string of the molecule is CCCN(CCC)C(CC(C=O)NC(=O)c1ccccc1)C(=O)O. The lowest BCUT2D eigenvalue weighted by atomic mass is 10.0. The number of nitrogens with one attached hydrogen (secondary N) is 1. The van der Waals surface area contributed by atoms with Crippen LogP contribution in [0.25, 0.3) is 0 Å². The molecule has 0 aliphatic rings. The number of aliphatic carboxylic acids is 1. The molecule has 0 spiro atoms. The smallest absolute Gasteiger partial charge is 0.321 e. The maximum atomic E-state index is 12.2. The second-order valence-corrected chi connectivity index (χ2v) is 5.71. The highest BCUT2D eigenvalue weighted by Crippen LogP contribution is 2.10. The van der Waals surface area contributed by atoms with E-state index >= 15 is 0 Å². The highest BCUT2D eigenvalue weighted by molar-refractivity contribution is 5.95. The van der Waals surface area contributed by atoms with Crippen LogP contribution < -0.4 is 5.32 Å². The number of benzene rings is 1. The van der Waals surface area contributed by atoms with E-state index in [9.17, 15) is 19.5 Å². The Bertz CT molecular complexity index is 527. The second kappa shape index (κ2) is 10.5. The summed E-state index contributed by atoms with van der Waals surface area (Å²) in [6.07, 6.45) is 2.31. The predicted octanol–water partition coefficient (Wildman–Crippen LogP) is 1.95. The number of carboxylic acids is 1. The Hall–Kier alpha value is -2.21. The van der Waals surface area contributed by atoms with Gasteiger partial charge in [0.05, 0.1) is 6.04 Å². The zero-order chi connectivity index (χ0) is 17.9. The highest BCUT2D eigenvalue weighted by Gasteiger charge is 2.28. The lowest BCUT2D eigenvalue weighted by Gasteiger charge is -2.29. The molecule has 2 N–H and O–H groups in total. The summed E-state index contributed by atoms with van der Waals surface area (Å²) in [5.74, 6) is -1.35. The molecule has 0 aliphatic heterocycles. The van der Waals surface area contributed by atoms with E-state index in [-0.39, 0.29) is 12.3 Å². The summed E-state index contributed by atoms with van der Waals surface area (Å²) in [6.45, 7) is 5.25. The average molecular weight is 334 g/mol. The Morgan fingerprint density at radius 3 is 2.21 bits per heavy atom. The number of rotatable bonds is 11. The van der Waals surface area contributed by atoms with E-state index in [0.29, 0.717) is 24.9 Å². The third-order valence-corrected chi connectivity index (χ3v) is 3.74. The van der Waals surface area contributed by atoms with Crippen molar-refractivity contribution in [3.63, 3.8) is 0 Å². The molecule has 2 unspecified atom stereocenters. The van der Waals surface area contributed by atoms with Crippen molar-refractivity contribution >= 4 is 18.2 Å². The fourth-order valence-electron chi connectivity index (χ4n) is 2.63. The molecule has 132 valence electrons. The number of amides is 1. The molecule has 24 heavy (non-hydrogen) atoms. The third kappa shape index (κ3) is 6.12. The third-order valence-electron chi connectivity index (χ3n) is 3.74. The van der Waals surface area contributed by atoms with Gasteiger partial charge >= 0.3 is 5.97 Å². The van der Waals surface area contributed by atoms with Crippen molar-refractivity contribution in [2.75, 3.05) is 13.1 Å². The first-order chi connectivity index (χ1) is 11.5. The van der Waals surface area contributed by atoms with Crippen LogP contribution in [-0.2, 0) is 9.59 Å². The number of carbonyl (C=O) groups is 3. The Kier molecular flexibility index (Phi) is 8.71. The fraction of sp³-hybridized carbons (Fsp3) is 0.500. The van der Waals surface area contributed by atoms with Crippen molar-refractivity contribution in [1.29, 1.82) is 0 Å². The average Bonchev–Trinajstić information content (AvgIpc) is 2.58. The molecule has 6 nitrogen and oxygen atoms in total. The van der Waals surface area contributed by atoms with Crippen LogP contribution in [0.1, 0.15) is 43.5 Å². The Labute approximate surface area is 142 Å². The van der Waals surface area contributed by atoms with Crippen molar-refractivity contribution in [3.8, 4) is 0 Å². The van der Waals surface area contributed by atoms with Crippen molar-refractivity contribution in [2.45, 2.75) is 45.2 Å². The molecule has 0 aromatic heterocycles. The molecule has 0 radical (unpaired) electrons. The van der Waals surface area contributed by atoms with Crippen LogP contribution in [0.15, 0.2) is 30.3 Å². The molecule has 1 aromatic carbocycles. The van der Waals surface area contributed by atoms with E-state index in [1.165, 1.54) is 0 Å². The molecule has 0 saturated carbocycles. The molecule has 0 saturated heterocycles. The van der Waals surface area contributed by atoms with Crippen molar-refractivity contribution in [3.05, 3.63) is 35.9 Å². The zero-order valence-corrected chi connectivity index (χ0v) is 14.3. The summed E-state index contributed by atoms with van der Waals surface area (Å²) in [4.78, 5) is 37.0. The summed E-state index contributed by atoms with van der Waals surface area (Å²) >= 11 is 0. The van der Waals surface area contributed by atoms with Gasteiger partial charge in [0.1, 0.15) is 12.3 Å². The van der Waals surface area contributed by atoms with Gasteiger partial charge in [0.15, 0.2) is 0 Å². The minimum atomic E-state index is -0.974. The van der Waals surface area contributed by atoms with Crippen LogP contribution in [-0.4, -0.2) is 53.3 Å². The Morgan fingerprint density at radius 1 is 1.17 bits per heavy atom. The monoisotopic (exact) mass is 334 g/mol. The quantitative estimate of drug-likeness (QED) is 0.604. The Morgan fingerprint density at radius 2 is 1.75 bits per heavy atom. The van der Waals surface area contributed by atoms with Gasteiger partial charge in [-0.05, 0) is 38.1 Å². The molecule has 2 atom stereocenters. The van der Waals surface area contributed by atoms with Gasteiger partial charge in [-0.15, -0.1) is 0 Å². The first kappa shape index (κ1) is 19.8. The van der Waals surface area contributed by atoms with Gasteiger partial charge in [-0.3, -0.25) is 14.5 Å².